The van der Waals surface area contributed by atoms with Crippen molar-refractivity contribution in [2.45, 2.75) is 62.0 Å². The number of fused-ring (bicyclic) bond motifs is 1. The van der Waals surface area contributed by atoms with Crippen LogP contribution in [0.25, 0.3) is 0 Å². The van der Waals surface area contributed by atoms with Gasteiger partial charge >= 0.3 is 5.97 Å². The van der Waals surface area contributed by atoms with Crippen molar-refractivity contribution in [1.82, 2.24) is 40.0 Å². The van der Waals surface area contributed by atoms with Gasteiger partial charge in [0.1, 0.15) is 12.0 Å². The quantitative estimate of drug-likeness (QED) is 0.232. The second-order valence-corrected chi connectivity index (χ2v) is 13.4. The average molecular weight is 570 g/mol. The number of sulfonamides is 1. The highest BCUT2D eigenvalue weighted by Crippen LogP contribution is 2.52. The fraction of sp³-hybridized carbons (Fsp3) is 0.714. The lowest BCUT2D eigenvalue weighted by atomic mass is 9.78. The van der Waals surface area contributed by atoms with Crippen LogP contribution in [0.15, 0.2) is 16.9 Å². The maximum atomic E-state index is 13.1. The molecule has 5 heterocycles. The van der Waals surface area contributed by atoms with Gasteiger partial charge in [0.05, 0.1) is 18.0 Å². The van der Waals surface area contributed by atoms with E-state index in [-0.39, 0.29) is 34.9 Å². The Morgan fingerprint density at radius 1 is 1.39 bits per heavy atom. The van der Waals surface area contributed by atoms with Gasteiger partial charge in [-0.1, -0.05) is 6.92 Å². The molecule has 0 saturated carbocycles. The van der Waals surface area contributed by atoms with Crippen LogP contribution in [0.4, 0.5) is 0 Å². The van der Waals surface area contributed by atoms with E-state index in [1.807, 2.05) is 6.92 Å². The molecule has 0 radical (unpaired) electrons. The van der Waals surface area contributed by atoms with Crippen molar-refractivity contribution in [1.29, 1.82) is 0 Å². The molecular weight excluding hydrogens is 538 g/mol. The van der Waals surface area contributed by atoms with Gasteiger partial charge in [-0.25, -0.2) is 22.6 Å². The maximum absolute atomic E-state index is 13.1. The largest absolute Gasteiger partial charge is 0.477 e. The molecule has 3 saturated heterocycles. The van der Waals surface area contributed by atoms with Crippen molar-refractivity contribution in [3.8, 4) is 0 Å². The number of likely N-dealkylation sites (tertiary alicyclic amines) is 1. The summed E-state index contributed by atoms with van der Waals surface area (Å²) in [5.74, 6) is -3.18. The molecule has 3 fully saturated rings. The molecule has 2 amide bonds. The molecule has 1 aromatic rings. The van der Waals surface area contributed by atoms with Crippen molar-refractivity contribution >= 4 is 39.6 Å². The molecule has 1 aromatic heterocycles. The number of nitrogens with two attached hydrogens (primary N) is 1. The van der Waals surface area contributed by atoms with Crippen molar-refractivity contribution in [3.63, 3.8) is 0 Å². The molecule has 5 N–H and O–H groups in total. The van der Waals surface area contributed by atoms with Gasteiger partial charge in [-0.05, 0) is 30.2 Å². The van der Waals surface area contributed by atoms with Gasteiger partial charge in [-0.3, -0.25) is 9.59 Å². The monoisotopic (exact) mass is 569 g/mol. The van der Waals surface area contributed by atoms with Gasteiger partial charge < -0.3 is 26.0 Å². The molecule has 208 valence electrons. The number of hydrogen-bond acceptors (Lipinski definition) is 11. The number of β-lactam (4-membered cyclic amide) rings is 1. The predicted octanol–water partition coefficient (Wildman–Crippen LogP) is -2.27. The highest BCUT2D eigenvalue weighted by Gasteiger charge is 2.60. The van der Waals surface area contributed by atoms with E-state index in [0.717, 1.165) is 11.1 Å². The van der Waals surface area contributed by atoms with Crippen molar-refractivity contribution < 1.29 is 27.9 Å². The van der Waals surface area contributed by atoms with E-state index in [1.54, 1.807) is 11.8 Å². The van der Waals surface area contributed by atoms with Gasteiger partial charge in [-0.15, -0.1) is 16.9 Å². The molecule has 0 bridgehead atoms. The number of nitrogens with one attached hydrogen (secondary N) is 2. The third-order valence-electron chi connectivity index (χ3n) is 7.61. The predicted molar refractivity (Wildman–Crippen MR) is 134 cm³/mol. The first-order chi connectivity index (χ1) is 18.0. The first-order valence-electron chi connectivity index (χ1n) is 12.4. The minimum absolute atomic E-state index is 0.00500. The minimum Gasteiger partial charge on any atom is -0.477 e. The third kappa shape index (κ3) is 4.92. The van der Waals surface area contributed by atoms with E-state index in [9.17, 15) is 27.9 Å². The Morgan fingerprint density at radius 3 is 2.79 bits per heavy atom. The molecule has 0 aromatic carbocycles. The fourth-order valence-electron chi connectivity index (χ4n) is 5.87. The lowest BCUT2D eigenvalue weighted by Crippen LogP contribution is -2.66. The standard InChI is InChI=1S/C21H31N9O6S2/c1-10-16-15(11(2)25-38(35,36)9-29-8-24-26-27-29)20(32)30(16)17(21(33)34)18(10)37-13-5-14(23-6-13)19(31)28-4-3-12(22)7-28/h8,10-16,23,25H,3-7,9,22H2,1-2H3,(H,33,34)/t10-,11-,12-,13+,14+,15-,16-/m1/s1. The summed E-state index contributed by atoms with van der Waals surface area (Å²) in [7, 11) is -3.87. The zero-order valence-corrected chi connectivity index (χ0v) is 22.6. The van der Waals surface area contributed by atoms with Gasteiger partial charge in [-0.2, -0.15) is 0 Å². The maximum Gasteiger partial charge on any atom is 0.353 e. The summed E-state index contributed by atoms with van der Waals surface area (Å²) in [6, 6.07) is -1.62. The third-order valence-corrected chi connectivity index (χ3v) is 10.5. The zero-order valence-electron chi connectivity index (χ0n) is 20.9. The van der Waals surface area contributed by atoms with E-state index in [4.69, 9.17) is 5.73 Å². The van der Waals surface area contributed by atoms with E-state index in [2.05, 4.69) is 25.6 Å². The van der Waals surface area contributed by atoms with E-state index < -0.39 is 45.8 Å². The zero-order chi connectivity index (χ0) is 27.4. The molecule has 4 aliphatic heterocycles. The summed E-state index contributed by atoms with van der Waals surface area (Å²) in [5.41, 5.74) is 5.88. The van der Waals surface area contributed by atoms with Crippen LogP contribution in [0.3, 0.4) is 0 Å². The lowest BCUT2D eigenvalue weighted by Gasteiger charge is -2.47. The normalized spacial score (nSPS) is 32.0. The van der Waals surface area contributed by atoms with Crippen LogP contribution in [0, 0.1) is 11.8 Å². The topological polar surface area (TPSA) is 206 Å². The van der Waals surface area contributed by atoms with E-state index >= 15 is 0 Å². The number of hydrogen-bond donors (Lipinski definition) is 4. The molecule has 17 heteroatoms. The molecule has 4 aliphatic rings. The van der Waals surface area contributed by atoms with E-state index in [1.165, 1.54) is 23.0 Å². The molecule has 15 nitrogen and oxygen atoms in total. The average Bonchev–Trinajstić information content (AvgIpc) is 3.62. The summed E-state index contributed by atoms with van der Waals surface area (Å²) in [6.45, 7) is 5.15. The second kappa shape index (κ2) is 10.2. The number of thioether (sulfide) groups is 1. The number of carboxylic acid groups (broad SMARTS) is 1. The van der Waals surface area contributed by atoms with Crippen LogP contribution in [0.2, 0.25) is 0 Å². The van der Waals surface area contributed by atoms with Gasteiger partial charge in [0.15, 0.2) is 5.88 Å². The highest BCUT2D eigenvalue weighted by atomic mass is 32.2. The summed E-state index contributed by atoms with van der Waals surface area (Å²) in [5, 5.41) is 23.6. The Kier molecular flexibility index (Phi) is 7.23. The summed E-state index contributed by atoms with van der Waals surface area (Å²) < 4.78 is 28.7. The number of nitrogens with zero attached hydrogens (tertiary/aromatic N) is 6. The van der Waals surface area contributed by atoms with Gasteiger partial charge in [0, 0.05) is 47.8 Å². The number of carbonyl (C=O) groups is 3. The molecule has 5 rings (SSSR count). The summed E-state index contributed by atoms with van der Waals surface area (Å²) in [6.07, 6.45) is 2.48. The highest BCUT2D eigenvalue weighted by molar-refractivity contribution is 8.03. The molecular formula is C21H31N9O6S2. The number of aliphatic carboxylic acids is 1. The molecule has 0 aliphatic carbocycles. The molecule has 7 atom stereocenters. The van der Waals surface area contributed by atoms with Crippen LogP contribution in [-0.2, 0) is 30.3 Å². The number of aromatic nitrogens is 4. The Hall–Kier alpha value is -2.60. The minimum atomic E-state index is -3.87. The smallest absolute Gasteiger partial charge is 0.353 e. The van der Waals surface area contributed by atoms with E-state index in [0.29, 0.717) is 31.0 Å². The summed E-state index contributed by atoms with van der Waals surface area (Å²) in [4.78, 5) is 41.9. The van der Waals surface area contributed by atoms with Crippen molar-refractivity contribution in [3.05, 3.63) is 16.9 Å². The number of carbonyl (C=O) groups excluding carboxylic acids is 2. The Morgan fingerprint density at radius 2 is 2.16 bits per heavy atom. The van der Waals surface area contributed by atoms with Gasteiger partial charge in [0.2, 0.25) is 21.8 Å². The lowest BCUT2D eigenvalue weighted by molar-refractivity contribution is -0.157. The second-order valence-electron chi connectivity index (χ2n) is 10.3. The van der Waals surface area contributed by atoms with Crippen LogP contribution >= 0.6 is 11.8 Å². The Bertz CT molecular complexity index is 1260. The SMILES string of the molecule is C[C@@H](NS(=O)(=O)Cn1cnnn1)[C@H]1C(=O)N2C(C(=O)O)=C(S[C@@H]3CN[C@H](C(=O)N4CC[C@@H](N)C4)C3)[C@H](C)[C@H]12. The van der Waals surface area contributed by atoms with Crippen LogP contribution in [0.1, 0.15) is 26.7 Å². The number of rotatable bonds is 9. The number of carboxylic acids is 1. The Labute approximate surface area is 223 Å². The number of tetrazole rings is 1. The van der Waals surface area contributed by atoms with Gasteiger partial charge in [0.25, 0.3) is 0 Å². The molecule has 38 heavy (non-hydrogen) atoms. The van der Waals surface area contributed by atoms with Crippen molar-refractivity contribution in [2.75, 3.05) is 19.6 Å². The fourth-order valence-corrected chi connectivity index (χ4v) is 8.61. The first-order valence-corrected chi connectivity index (χ1v) is 15.0. The van der Waals surface area contributed by atoms with Crippen LogP contribution in [0.5, 0.6) is 0 Å². The van der Waals surface area contributed by atoms with Crippen LogP contribution < -0.4 is 15.8 Å². The first kappa shape index (κ1) is 27.0. The van der Waals surface area contributed by atoms with Crippen molar-refractivity contribution in [2.24, 2.45) is 17.6 Å². The number of amides is 2. The Balaban J connectivity index is 1.25. The molecule has 0 spiro atoms. The summed E-state index contributed by atoms with van der Waals surface area (Å²) >= 11 is 1.39. The molecule has 0 unspecified atom stereocenters. The van der Waals surface area contributed by atoms with Crippen LogP contribution in [-0.4, -0.2) is 110 Å².